The van der Waals surface area contributed by atoms with Gasteiger partial charge in [0.1, 0.15) is 0 Å². The van der Waals surface area contributed by atoms with Gasteiger partial charge in [-0.05, 0) is 18.2 Å². The van der Waals surface area contributed by atoms with E-state index in [1.165, 1.54) is 0 Å². The number of halogens is 1. The van der Waals surface area contributed by atoms with Gasteiger partial charge < -0.3 is 15.4 Å². The monoisotopic (exact) mass is 300 g/mol. The van der Waals surface area contributed by atoms with Crippen LogP contribution in [0.25, 0.3) is 0 Å². The summed E-state index contributed by atoms with van der Waals surface area (Å²) in [6, 6.07) is 6.85. The minimum absolute atomic E-state index is 0.101. The van der Waals surface area contributed by atoms with E-state index in [1.54, 1.807) is 36.3 Å². The van der Waals surface area contributed by atoms with Crippen LogP contribution in [0.1, 0.15) is 16.8 Å². The summed E-state index contributed by atoms with van der Waals surface area (Å²) in [7, 11) is 1.59. The van der Waals surface area contributed by atoms with Gasteiger partial charge in [-0.15, -0.1) is 0 Å². The van der Waals surface area contributed by atoms with Crippen LogP contribution in [0.5, 0.6) is 0 Å². The average Bonchev–Trinajstić information content (AvgIpc) is 2.38. The van der Waals surface area contributed by atoms with Crippen molar-refractivity contribution in [2.75, 3.05) is 26.8 Å². The normalized spacial score (nSPS) is 10.2. The lowest BCUT2D eigenvalue weighted by atomic mass is 10.2. The SMILES string of the molecule is COCCN(CCC(N)=S)C(=O)c1cccc(Cl)c1. The number of nitrogens with zero attached hydrogens (tertiary/aromatic N) is 1. The molecule has 6 heteroatoms. The fourth-order valence-electron chi connectivity index (χ4n) is 1.57. The molecule has 0 spiro atoms. The molecule has 0 saturated heterocycles. The number of ether oxygens (including phenoxy) is 1. The van der Waals surface area contributed by atoms with Gasteiger partial charge in [0, 0.05) is 37.2 Å². The highest BCUT2D eigenvalue weighted by atomic mass is 35.5. The third-order valence-electron chi connectivity index (χ3n) is 2.55. The Morgan fingerprint density at radius 3 is 2.79 bits per heavy atom. The molecule has 0 heterocycles. The summed E-state index contributed by atoms with van der Waals surface area (Å²) in [6.45, 7) is 1.43. The molecule has 0 unspecified atom stereocenters. The maximum atomic E-state index is 12.3. The maximum absolute atomic E-state index is 12.3. The van der Waals surface area contributed by atoms with Gasteiger partial charge in [0.2, 0.25) is 0 Å². The second-order valence-corrected chi connectivity index (χ2v) is 4.97. The summed E-state index contributed by atoms with van der Waals surface area (Å²) in [5, 5.41) is 0.534. The van der Waals surface area contributed by atoms with E-state index >= 15 is 0 Å². The molecule has 4 nitrogen and oxygen atoms in total. The van der Waals surface area contributed by atoms with Crippen LogP contribution in [-0.4, -0.2) is 42.6 Å². The minimum Gasteiger partial charge on any atom is -0.393 e. The van der Waals surface area contributed by atoms with Crippen LogP contribution in [0.2, 0.25) is 5.02 Å². The number of benzene rings is 1. The van der Waals surface area contributed by atoms with E-state index in [0.29, 0.717) is 41.7 Å². The molecule has 0 aromatic heterocycles. The summed E-state index contributed by atoms with van der Waals surface area (Å²) >= 11 is 10.7. The molecule has 0 aliphatic carbocycles. The van der Waals surface area contributed by atoms with Crippen molar-refractivity contribution in [2.45, 2.75) is 6.42 Å². The van der Waals surface area contributed by atoms with E-state index in [4.69, 9.17) is 34.3 Å². The highest BCUT2D eigenvalue weighted by Crippen LogP contribution is 2.13. The molecule has 0 atom stereocenters. The topological polar surface area (TPSA) is 55.6 Å². The number of carbonyl (C=O) groups excluding carboxylic acids is 1. The molecule has 0 aliphatic heterocycles. The van der Waals surface area contributed by atoms with Crippen molar-refractivity contribution in [2.24, 2.45) is 5.73 Å². The van der Waals surface area contributed by atoms with Crippen molar-refractivity contribution in [3.8, 4) is 0 Å². The van der Waals surface area contributed by atoms with E-state index in [0.717, 1.165) is 0 Å². The molecule has 0 fully saturated rings. The summed E-state index contributed by atoms with van der Waals surface area (Å²) in [5.41, 5.74) is 6.02. The van der Waals surface area contributed by atoms with Crippen LogP contribution in [0.15, 0.2) is 24.3 Å². The first-order chi connectivity index (χ1) is 9.04. The molecule has 1 aromatic rings. The van der Waals surface area contributed by atoms with Gasteiger partial charge >= 0.3 is 0 Å². The van der Waals surface area contributed by atoms with Crippen LogP contribution < -0.4 is 5.73 Å². The van der Waals surface area contributed by atoms with Gasteiger partial charge in [0.05, 0.1) is 11.6 Å². The van der Waals surface area contributed by atoms with E-state index in [1.807, 2.05) is 0 Å². The highest BCUT2D eigenvalue weighted by Gasteiger charge is 2.15. The standard InChI is InChI=1S/C13H17ClN2O2S/c1-18-8-7-16(6-5-12(15)19)13(17)10-3-2-4-11(14)9-10/h2-4,9H,5-8H2,1H3,(H2,15,19). The van der Waals surface area contributed by atoms with Crippen LogP contribution in [0.4, 0.5) is 0 Å². The molecule has 2 N–H and O–H groups in total. The molecule has 19 heavy (non-hydrogen) atoms. The predicted octanol–water partition coefficient (Wildman–Crippen LogP) is 2.10. The number of thiocarbonyl (C=S) groups is 1. The van der Waals surface area contributed by atoms with E-state index < -0.39 is 0 Å². The number of hydrogen-bond donors (Lipinski definition) is 1. The van der Waals surface area contributed by atoms with Crippen molar-refractivity contribution in [1.82, 2.24) is 4.90 Å². The van der Waals surface area contributed by atoms with Gasteiger partial charge in [-0.25, -0.2) is 0 Å². The first-order valence-corrected chi connectivity index (χ1v) is 6.65. The zero-order valence-corrected chi connectivity index (χ0v) is 12.3. The van der Waals surface area contributed by atoms with Gasteiger partial charge in [0.15, 0.2) is 0 Å². The molecule has 104 valence electrons. The first-order valence-electron chi connectivity index (χ1n) is 5.86. The Balaban J connectivity index is 2.77. The lowest BCUT2D eigenvalue weighted by Crippen LogP contribution is -2.36. The molecule has 0 radical (unpaired) electrons. The van der Waals surface area contributed by atoms with Crippen LogP contribution in [-0.2, 0) is 4.74 Å². The van der Waals surface area contributed by atoms with Gasteiger partial charge in [-0.2, -0.15) is 0 Å². The Bertz CT molecular complexity index is 454. The quantitative estimate of drug-likeness (QED) is 0.784. The van der Waals surface area contributed by atoms with Crippen LogP contribution in [0.3, 0.4) is 0 Å². The summed E-state index contributed by atoms with van der Waals surface area (Å²) in [5.74, 6) is -0.101. The second-order valence-electron chi connectivity index (χ2n) is 4.01. The van der Waals surface area contributed by atoms with Crippen molar-refractivity contribution >= 4 is 34.7 Å². The number of carbonyl (C=O) groups is 1. The van der Waals surface area contributed by atoms with Crippen LogP contribution in [0, 0.1) is 0 Å². The van der Waals surface area contributed by atoms with Gasteiger partial charge in [0.25, 0.3) is 5.91 Å². The zero-order chi connectivity index (χ0) is 14.3. The molecule has 0 saturated carbocycles. The van der Waals surface area contributed by atoms with Crippen molar-refractivity contribution in [3.63, 3.8) is 0 Å². The molecule has 0 aliphatic rings. The first kappa shape index (κ1) is 15.9. The molecular weight excluding hydrogens is 284 g/mol. The van der Waals surface area contributed by atoms with Crippen LogP contribution >= 0.6 is 23.8 Å². The molecule has 1 aromatic carbocycles. The van der Waals surface area contributed by atoms with E-state index in [2.05, 4.69) is 0 Å². The van der Waals surface area contributed by atoms with Crippen molar-refractivity contribution < 1.29 is 9.53 Å². The molecular formula is C13H17ClN2O2S. The lowest BCUT2D eigenvalue weighted by Gasteiger charge is -2.22. The summed E-state index contributed by atoms with van der Waals surface area (Å²) in [4.78, 5) is 14.4. The largest absolute Gasteiger partial charge is 0.393 e. The van der Waals surface area contributed by atoms with Gasteiger partial charge in [-0.1, -0.05) is 29.9 Å². The summed E-state index contributed by atoms with van der Waals surface area (Å²) < 4.78 is 5.00. The van der Waals surface area contributed by atoms with Crippen molar-refractivity contribution in [3.05, 3.63) is 34.9 Å². The predicted molar refractivity (Wildman–Crippen MR) is 80.6 cm³/mol. The lowest BCUT2D eigenvalue weighted by molar-refractivity contribution is 0.0701. The fourth-order valence-corrected chi connectivity index (χ4v) is 1.85. The second kappa shape index (κ2) is 8.09. The third kappa shape index (κ3) is 5.55. The van der Waals surface area contributed by atoms with Crippen molar-refractivity contribution in [1.29, 1.82) is 0 Å². The Hall–Kier alpha value is -1.17. The minimum atomic E-state index is -0.101. The number of hydrogen-bond acceptors (Lipinski definition) is 3. The Labute approximate surface area is 123 Å². The Morgan fingerprint density at radius 2 is 2.21 bits per heavy atom. The zero-order valence-electron chi connectivity index (χ0n) is 10.8. The van der Waals surface area contributed by atoms with E-state index in [9.17, 15) is 4.79 Å². The molecule has 1 rings (SSSR count). The number of nitrogens with two attached hydrogens (primary N) is 1. The highest BCUT2D eigenvalue weighted by molar-refractivity contribution is 7.80. The Morgan fingerprint density at radius 1 is 1.47 bits per heavy atom. The fraction of sp³-hybridized carbons (Fsp3) is 0.385. The Kier molecular flexibility index (Phi) is 6.77. The number of rotatable bonds is 7. The summed E-state index contributed by atoms with van der Waals surface area (Å²) in [6.07, 6.45) is 0.491. The molecule has 0 bridgehead atoms. The number of amides is 1. The smallest absolute Gasteiger partial charge is 0.253 e. The average molecular weight is 301 g/mol. The molecule has 1 amide bonds. The van der Waals surface area contributed by atoms with Gasteiger partial charge in [-0.3, -0.25) is 4.79 Å². The maximum Gasteiger partial charge on any atom is 0.253 e. The van der Waals surface area contributed by atoms with E-state index in [-0.39, 0.29) is 5.91 Å². The number of methoxy groups -OCH3 is 1. The third-order valence-corrected chi connectivity index (χ3v) is 2.99.